The van der Waals surface area contributed by atoms with Crippen LogP contribution in [0.25, 0.3) is 0 Å². The Morgan fingerprint density at radius 2 is 2.00 bits per heavy atom. The van der Waals surface area contributed by atoms with E-state index in [0.29, 0.717) is 18.1 Å². The van der Waals surface area contributed by atoms with Gasteiger partial charge in [-0.3, -0.25) is 4.79 Å². The van der Waals surface area contributed by atoms with E-state index in [1.165, 1.54) is 24.8 Å². The Hall–Kier alpha value is -1.31. The molecule has 0 bridgehead atoms. The van der Waals surface area contributed by atoms with E-state index in [1.54, 1.807) is 0 Å². The van der Waals surface area contributed by atoms with Crippen LogP contribution >= 0.6 is 0 Å². The average molecular weight is 262 g/mol. The Morgan fingerprint density at radius 3 is 2.63 bits per heavy atom. The molecule has 0 saturated heterocycles. The van der Waals surface area contributed by atoms with Crippen LogP contribution in [0, 0.1) is 0 Å². The zero-order chi connectivity index (χ0) is 14.1. The minimum atomic E-state index is 0.484. The molecule has 1 unspecified atom stereocenters. The minimum Gasteiger partial charge on any atom is -0.493 e. The van der Waals surface area contributed by atoms with Crippen molar-refractivity contribution in [2.45, 2.75) is 58.8 Å². The van der Waals surface area contributed by atoms with Gasteiger partial charge in [-0.25, -0.2) is 0 Å². The molecule has 1 aromatic carbocycles. The number of ether oxygens (including phenoxy) is 1. The molecule has 106 valence electrons. The minimum absolute atomic E-state index is 0.484. The van der Waals surface area contributed by atoms with Crippen LogP contribution < -0.4 is 4.74 Å². The molecule has 0 aliphatic carbocycles. The Kier molecular flexibility index (Phi) is 7.24. The van der Waals surface area contributed by atoms with Gasteiger partial charge in [-0.15, -0.1) is 0 Å². The number of hydrogen-bond acceptors (Lipinski definition) is 2. The van der Waals surface area contributed by atoms with Crippen LogP contribution in [0.5, 0.6) is 5.75 Å². The summed E-state index contributed by atoms with van der Waals surface area (Å²) in [5, 5.41) is 0. The summed E-state index contributed by atoms with van der Waals surface area (Å²) in [7, 11) is 0. The molecule has 0 radical (unpaired) electrons. The second-order valence-electron chi connectivity index (χ2n) is 5.13. The number of unbranched alkanes of at least 4 members (excludes halogenated alkanes) is 3. The number of benzene rings is 1. The van der Waals surface area contributed by atoms with Gasteiger partial charge in [-0.1, -0.05) is 46.1 Å². The quantitative estimate of drug-likeness (QED) is 0.464. The molecule has 2 heteroatoms. The summed E-state index contributed by atoms with van der Waals surface area (Å²) >= 11 is 0. The topological polar surface area (TPSA) is 26.3 Å². The molecule has 0 fully saturated rings. The summed E-state index contributed by atoms with van der Waals surface area (Å²) in [4.78, 5) is 11.1. The van der Waals surface area contributed by atoms with Crippen molar-refractivity contribution in [1.29, 1.82) is 0 Å². The number of aldehydes is 1. The average Bonchev–Trinajstić information content (AvgIpc) is 2.46. The summed E-state index contributed by atoms with van der Waals surface area (Å²) < 4.78 is 5.71. The van der Waals surface area contributed by atoms with Crippen molar-refractivity contribution in [2.24, 2.45) is 0 Å². The maximum atomic E-state index is 11.1. The van der Waals surface area contributed by atoms with E-state index in [-0.39, 0.29) is 0 Å². The van der Waals surface area contributed by atoms with Crippen molar-refractivity contribution < 1.29 is 9.53 Å². The van der Waals surface area contributed by atoms with Gasteiger partial charge in [-0.2, -0.15) is 0 Å². The Balaban J connectivity index is 2.60. The highest BCUT2D eigenvalue weighted by molar-refractivity contribution is 5.79. The van der Waals surface area contributed by atoms with Crippen molar-refractivity contribution >= 4 is 6.29 Å². The van der Waals surface area contributed by atoms with E-state index >= 15 is 0 Å². The molecular weight excluding hydrogens is 236 g/mol. The lowest BCUT2D eigenvalue weighted by atomic mass is 9.97. The van der Waals surface area contributed by atoms with Gasteiger partial charge in [0.2, 0.25) is 0 Å². The zero-order valence-electron chi connectivity index (χ0n) is 12.4. The molecule has 1 atom stereocenters. The summed E-state index contributed by atoms with van der Waals surface area (Å²) in [5.41, 5.74) is 1.89. The van der Waals surface area contributed by atoms with E-state index in [9.17, 15) is 4.79 Å². The lowest BCUT2D eigenvalue weighted by Gasteiger charge is -2.13. The fourth-order valence-corrected chi connectivity index (χ4v) is 2.04. The molecule has 0 spiro atoms. The molecule has 1 rings (SSSR count). The van der Waals surface area contributed by atoms with Crippen LogP contribution in [0.2, 0.25) is 0 Å². The van der Waals surface area contributed by atoms with E-state index < -0.39 is 0 Å². The summed E-state index contributed by atoms with van der Waals surface area (Å²) in [6.07, 6.45) is 6.69. The van der Waals surface area contributed by atoms with Gasteiger partial charge in [0.05, 0.1) is 12.2 Å². The standard InChI is InChI=1S/C17H26O2/c1-4-6-7-8-11-19-17-10-9-15(14(3)5-2)12-16(17)13-18/h9-10,12-14H,4-8,11H2,1-3H3. The molecule has 0 aliphatic heterocycles. The third-order valence-corrected chi connectivity index (χ3v) is 3.60. The van der Waals surface area contributed by atoms with Crippen molar-refractivity contribution in [3.63, 3.8) is 0 Å². The maximum Gasteiger partial charge on any atom is 0.153 e. The molecule has 0 amide bonds. The largest absolute Gasteiger partial charge is 0.493 e. The fraction of sp³-hybridized carbons (Fsp3) is 0.588. The van der Waals surface area contributed by atoms with E-state index in [0.717, 1.165) is 24.9 Å². The lowest BCUT2D eigenvalue weighted by Crippen LogP contribution is -2.01. The molecule has 19 heavy (non-hydrogen) atoms. The van der Waals surface area contributed by atoms with Crippen LogP contribution in [-0.2, 0) is 0 Å². The third kappa shape index (κ3) is 5.06. The second kappa shape index (κ2) is 8.73. The SMILES string of the molecule is CCCCCCOc1ccc(C(C)CC)cc1C=O. The predicted molar refractivity (Wildman–Crippen MR) is 80.2 cm³/mol. The van der Waals surface area contributed by atoms with Gasteiger partial charge in [0.1, 0.15) is 5.75 Å². The van der Waals surface area contributed by atoms with Crippen molar-refractivity contribution in [2.75, 3.05) is 6.61 Å². The van der Waals surface area contributed by atoms with Crippen LogP contribution in [0.4, 0.5) is 0 Å². The Morgan fingerprint density at radius 1 is 1.21 bits per heavy atom. The highest BCUT2D eigenvalue weighted by Crippen LogP contribution is 2.25. The number of rotatable bonds is 9. The van der Waals surface area contributed by atoms with Crippen LogP contribution in [0.3, 0.4) is 0 Å². The zero-order valence-corrected chi connectivity index (χ0v) is 12.4. The molecule has 0 N–H and O–H groups in total. The number of carbonyl (C=O) groups excluding carboxylic acids is 1. The molecular formula is C17H26O2. The summed E-state index contributed by atoms with van der Waals surface area (Å²) in [6, 6.07) is 5.97. The van der Waals surface area contributed by atoms with Crippen molar-refractivity contribution in [1.82, 2.24) is 0 Å². The smallest absolute Gasteiger partial charge is 0.153 e. The first kappa shape index (κ1) is 15.7. The maximum absolute atomic E-state index is 11.1. The van der Waals surface area contributed by atoms with Crippen molar-refractivity contribution in [3.05, 3.63) is 29.3 Å². The first-order valence-electron chi connectivity index (χ1n) is 7.44. The highest BCUT2D eigenvalue weighted by atomic mass is 16.5. The molecule has 0 aromatic heterocycles. The summed E-state index contributed by atoms with van der Waals surface area (Å²) in [6.45, 7) is 7.22. The third-order valence-electron chi connectivity index (χ3n) is 3.60. The first-order chi connectivity index (χ1) is 9.22. The normalized spacial score (nSPS) is 12.2. The molecule has 0 heterocycles. The summed E-state index contributed by atoms with van der Waals surface area (Å²) in [5.74, 6) is 1.20. The van der Waals surface area contributed by atoms with Gasteiger partial charge in [0.15, 0.2) is 6.29 Å². The Bertz CT molecular complexity index is 385. The van der Waals surface area contributed by atoms with Gasteiger partial charge in [0, 0.05) is 0 Å². The molecule has 2 nitrogen and oxygen atoms in total. The van der Waals surface area contributed by atoms with Gasteiger partial charge in [-0.05, 0) is 36.5 Å². The fourth-order valence-electron chi connectivity index (χ4n) is 2.04. The first-order valence-corrected chi connectivity index (χ1v) is 7.44. The van der Waals surface area contributed by atoms with Crippen molar-refractivity contribution in [3.8, 4) is 5.75 Å². The van der Waals surface area contributed by atoms with Crippen LogP contribution in [0.15, 0.2) is 18.2 Å². The van der Waals surface area contributed by atoms with Crippen LogP contribution in [-0.4, -0.2) is 12.9 Å². The highest BCUT2D eigenvalue weighted by Gasteiger charge is 2.08. The van der Waals surface area contributed by atoms with E-state index in [1.807, 2.05) is 12.1 Å². The van der Waals surface area contributed by atoms with Gasteiger partial charge < -0.3 is 4.74 Å². The predicted octanol–water partition coefficient (Wildman–Crippen LogP) is 4.97. The Labute approximate surface area is 117 Å². The lowest BCUT2D eigenvalue weighted by molar-refractivity contribution is 0.111. The van der Waals surface area contributed by atoms with Gasteiger partial charge in [0.25, 0.3) is 0 Å². The molecule has 1 aromatic rings. The number of hydrogen-bond donors (Lipinski definition) is 0. The number of carbonyl (C=O) groups is 1. The van der Waals surface area contributed by atoms with Crippen LogP contribution in [0.1, 0.15) is 74.7 Å². The monoisotopic (exact) mass is 262 g/mol. The van der Waals surface area contributed by atoms with E-state index in [4.69, 9.17) is 4.74 Å². The second-order valence-corrected chi connectivity index (χ2v) is 5.13. The molecule has 0 aliphatic rings. The molecule has 0 saturated carbocycles. The van der Waals surface area contributed by atoms with E-state index in [2.05, 4.69) is 26.8 Å². The van der Waals surface area contributed by atoms with Gasteiger partial charge >= 0.3 is 0 Å².